The van der Waals surface area contributed by atoms with E-state index in [0.29, 0.717) is 0 Å². The van der Waals surface area contributed by atoms with E-state index in [1.165, 1.54) is 24.8 Å². The van der Waals surface area contributed by atoms with Crippen molar-refractivity contribution in [2.45, 2.75) is 32.1 Å². The van der Waals surface area contributed by atoms with Crippen LogP contribution in [0.4, 0.5) is 0 Å². The van der Waals surface area contributed by atoms with E-state index in [0.717, 1.165) is 42.4 Å². The maximum atomic E-state index is 8.92. The van der Waals surface area contributed by atoms with Gasteiger partial charge in [0.25, 0.3) is 0 Å². The molecule has 1 N–H and O–H groups in total. The zero-order valence-electron chi connectivity index (χ0n) is 9.85. The van der Waals surface area contributed by atoms with E-state index in [-0.39, 0.29) is 0 Å². The Bertz CT molecular complexity index is 450. The fourth-order valence-electron chi connectivity index (χ4n) is 2.58. The molecule has 90 valence electrons. The largest absolute Gasteiger partial charge is 0.493 e. The lowest BCUT2D eigenvalue weighted by Gasteiger charge is -2.25. The Balaban J connectivity index is 1.78. The van der Waals surface area contributed by atoms with Crippen LogP contribution in [0.1, 0.15) is 36.8 Å². The van der Waals surface area contributed by atoms with Crippen molar-refractivity contribution in [2.24, 2.45) is 11.1 Å². The summed E-state index contributed by atoms with van der Waals surface area (Å²) in [4.78, 5) is 0. The number of hydrogen-bond donors (Lipinski definition) is 1. The first-order valence-corrected chi connectivity index (χ1v) is 6.34. The van der Waals surface area contributed by atoms with Crippen molar-refractivity contribution in [1.29, 1.82) is 0 Å². The van der Waals surface area contributed by atoms with Gasteiger partial charge in [-0.25, -0.2) is 0 Å². The predicted octanol–water partition coefficient (Wildman–Crippen LogP) is 2.99. The van der Waals surface area contributed by atoms with Crippen molar-refractivity contribution in [3.63, 3.8) is 0 Å². The summed E-state index contributed by atoms with van der Waals surface area (Å²) in [5.41, 5.74) is 3.05. The Morgan fingerprint density at radius 1 is 1.29 bits per heavy atom. The Morgan fingerprint density at radius 2 is 2.18 bits per heavy atom. The fourth-order valence-corrected chi connectivity index (χ4v) is 2.58. The molecule has 0 bridgehead atoms. The zero-order chi connectivity index (χ0) is 11.7. The Labute approximate surface area is 101 Å². The summed E-state index contributed by atoms with van der Waals surface area (Å²) in [6.07, 6.45) is 5.70. The van der Waals surface area contributed by atoms with Gasteiger partial charge in [-0.15, -0.1) is 0 Å². The molecule has 1 aromatic carbocycles. The van der Waals surface area contributed by atoms with Crippen LogP contribution < -0.4 is 4.74 Å². The lowest BCUT2D eigenvalue weighted by atomic mass is 9.86. The molecule has 0 aromatic heterocycles. The van der Waals surface area contributed by atoms with Crippen LogP contribution in [0, 0.1) is 5.92 Å². The van der Waals surface area contributed by atoms with Crippen molar-refractivity contribution in [3.8, 4) is 5.75 Å². The van der Waals surface area contributed by atoms with E-state index < -0.39 is 0 Å². The topological polar surface area (TPSA) is 41.8 Å². The molecule has 0 heterocycles. The average molecular weight is 231 g/mol. The van der Waals surface area contributed by atoms with E-state index in [1.807, 2.05) is 18.2 Å². The molecular weight excluding hydrogens is 214 g/mol. The average Bonchev–Trinajstić information content (AvgIpc) is 2.70. The van der Waals surface area contributed by atoms with Crippen LogP contribution in [0.3, 0.4) is 0 Å². The van der Waals surface area contributed by atoms with E-state index in [2.05, 4.69) is 5.16 Å². The van der Waals surface area contributed by atoms with Crippen LogP contribution in [0.25, 0.3) is 0 Å². The minimum Gasteiger partial charge on any atom is -0.493 e. The Hall–Kier alpha value is -1.51. The number of hydrogen-bond acceptors (Lipinski definition) is 3. The van der Waals surface area contributed by atoms with Gasteiger partial charge in [-0.3, -0.25) is 0 Å². The predicted molar refractivity (Wildman–Crippen MR) is 65.9 cm³/mol. The van der Waals surface area contributed by atoms with Crippen LogP contribution >= 0.6 is 0 Å². The van der Waals surface area contributed by atoms with Gasteiger partial charge in [0.15, 0.2) is 0 Å². The van der Waals surface area contributed by atoms with Crippen molar-refractivity contribution in [2.75, 3.05) is 6.61 Å². The Kier molecular flexibility index (Phi) is 2.75. The van der Waals surface area contributed by atoms with Crippen LogP contribution in [-0.4, -0.2) is 17.5 Å². The minimum absolute atomic E-state index is 0.748. The summed E-state index contributed by atoms with van der Waals surface area (Å²) in [6, 6.07) is 6.01. The summed E-state index contributed by atoms with van der Waals surface area (Å²) in [6.45, 7) is 0.835. The minimum atomic E-state index is 0.748. The fraction of sp³-hybridized carbons (Fsp3) is 0.500. The third-order valence-corrected chi connectivity index (χ3v) is 3.88. The molecule has 0 aliphatic heterocycles. The summed E-state index contributed by atoms with van der Waals surface area (Å²) in [5, 5.41) is 12.3. The molecule has 0 atom stereocenters. The lowest BCUT2D eigenvalue weighted by molar-refractivity contribution is 0.179. The third-order valence-electron chi connectivity index (χ3n) is 3.88. The number of fused-ring (bicyclic) bond motifs is 1. The molecule has 3 heteroatoms. The van der Waals surface area contributed by atoms with E-state index >= 15 is 0 Å². The SMILES string of the molecule is ON=C1CCc2c(OCC3CCC3)cccc21. The van der Waals surface area contributed by atoms with Gasteiger partial charge in [0.05, 0.1) is 12.3 Å². The third kappa shape index (κ3) is 1.90. The first kappa shape index (κ1) is 10.6. The van der Waals surface area contributed by atoms with Gasteiger partial charge in [0.1, 0.15) is 5.75 Å². The van der Waals surface area contributed by atoms with Crippen molar-refractivity contribution < 1.29 is 9.94 Å². The van der Waals surface area contributed by atoms with Gasteiger partial charge in [0.2, 0.25) is 0 Å². The monoisotopic (exact) mass is 231 g/mol. The quantitative estimate of drug-likeness (QED) is 0.642. The summed E-state index contributed by atoms with van der Waals surface area (Å²) >= 11 is 0. The molecule has 2 aliphatic rings. The molecule has 3 nitrogen and oxygen atoms in total. The maximum absolute atomic E-state index is 8.92. The molecule has 1 saturated carbocycles. The number of oxime groups is 1. The van der Waals surface area contributed by atoms with Crippen LogP contribution in [0.15, 0.2) is 23.4 Å². The van der Waals surface area contributed by atoms with Crippen molar-refractivity contribution >= 4 is 5.71 Å². The van der Waals surface area contributed by atoms with E-state index in [1.54, 1.807) is 0 Å². The molecule has 0 spiro atoms. The van der Waals surface area contributed by atoms with E-state index in [9.17, 15) is 0 Å². The standard InChI is InChI=1S/C14H17NO2/c16-15-13-8-7-12-11(13)5-2-6-14(12)17-9-10-3-1-4-10/h2,5-6,10,16H,1,3-4,7-9H2. The second-order valence-electron chi connectivity index (χ2n) is 4.94. The van der Waals surface area contributed by atoms with Gasteiger partial charge in [-0.2, -0.15) is 0 Å². The number of ether oxygens (including phenoxy) is 1. The molecule has 2 aliphatic carbocycles. The second kappa shape index (κ2) is 4.40. The molecule has 0 unspecified atom stereocenters. The number of benzene rings is 1. The van der Waals surface area contributed by atoms with E-state index in [4.69, 9.17) is 9.94 Å². The molecular formula is C14H17NO2. The molecule has 3 rings (SSSR count). The molecule has 1 fully saturated rings. The number of rotatable bonds is 3. The number of nitrogens with zero attached hydrogens (tertiary/aromatic N) is 1. The lowest BCUT2D eigenvalue weighted by Crippen LogP contribution is -2.19. The summed E-state index contributed by atoms with van der Waals surface area (Å²) in [7, 11) is 0. The molecule has 0 saturated heterocycles. The van der Waals surface area contributed by atoms with Gasteiger partial charge < -0.3 is 9.94 Å². The first-order valence-electron chi connectivity index (χ1n) is 6.34. The second-order valence-corrected chi connectivity index (χ2v) is 4.94. The molecule has 17 heavy (non-hydrogen) atoms. The highest BCUT2D eigenvalue weighted by Gasteiger charge is 2.23. The summed E-state index contributed by atoms with van der Waals surface area (Å²) < 4.78 is 5.91. The summed E-state index contributed by atoms with van der Waals surface area (Å²) in [5.74, 6) is 1.73. The molecule has 0 amide bonds. The highest BCUT2D eigenvalue weighted by molar-refractivity contribution is 6.04. The van der Waals surface area contributed by atoms with Crippen LogP contribution in [0.5, 0.6) is 5.75 Å². The maximum Gasteiger partial charge on any atom is 0.123 e. The van der Waals surface area contributed by atoms with Gasteiger partial charge >= 0.3 is 0 Å². The van der Waals surface area contributed by atoms with Gasteiger partial charge in [-0.05, 0) is 37.7 Å². The highest BCUT2D eigenvalue weighted by atomic mass is 16.5. The first-order chi connectivity index (χ1) is 8.38. The van der Waals surface area contributed by atoms with Crippen LogP contribution in [-0.2, 0) is 6.42 Å². The smallest absolute Gasteiger partial charge is 0.123 e. The molecule has 0 radical (unpaired) electrons. The van der Waals surface area contributed by atoms with Gasteiger partial charge in [-0.1, -0.05) is 23.7 Å². The Morgan fingerprint density at radius 3 is 2.88 bits per heavy atom. The van der Waals surface area contributed by atoms with Crippen molar-refractivity contribution in [1.82, 2.24) is 0 Å². The zero-order valence-corrected chi connectivity index (χ0v) is 9.85. The molecule has 1 aromatic rings. The highest BCUT2D eigenvalue weighted by Crippen LogP contribution is 2.33. The van der Waals surface area contributed by atoms with Gasteiger partial charge in [0, 0.05) is 11.1 Å². The van der Waals surface area contributed by atoms with Crippen LogP contribution in [0.2, 0.25) is 0 Å². The van der Waals surface area contributed by atoms with Crippen molar-refractivity contribution in [3.05, 3.63) is 29.3 Å². The normalized spacial score (nSPS) is 21.3.